The summed E-state index contributed by atoms with van der Waals surface area (Å²) in [6, 6.07) is 9.64. The molecule has 2 rings (SSSR count). The molecule has 1 aliphatic rings. The molecule has 4 heteroatoms. The van der Waals surface area contributed by atoms with Gasteiger partial charge in [-0.1, -0.05) is 44.2 Å². The van der Waals surface area contributed by atoms with Gasteiger partial charge in [0.25, 0.3) is 0 Å². The van der Waals surface area contributed by atoms with Crippen molar-refractivity contribution in [2.45, 2.75) is 26.1 Å². The largest absolute Gasteiger partial charge is 0.462 e. The summed E-state index contributed by atoms with van der Waals surface area (Å²) in [5, 5.41) is 0. The van der Waals surface area contributed by atoms with Crippen LogP contribution >= 0.6 is 0 Å². The quantitative estimate of drug-likeness (QED) is 0.597. The Bertz CT molecular complexity index is 473. The predicted molar refractivity (Wildman–Crippen MR) is 80.5 cm³/mol. The van der Waals surface area contributed by atoms with Gasteiger partial charge in [-0.15, -0.1) is 0 Å². The van der Waals surface area contributed by atoms with E-state index in [2.05, 4.69) is 0 Å². The van der Waals surface area contributed by atoms with Crippen LogP contribution in [0, 0.1) is 5.92 Å². The van der Waals surface area contributed by atoms with Gasteiger partial charge in [-0.05, 0) is 11.6 Å². The summed E-state index contributed by atoms with van der Waals surface area (Å²) in [5.41, 5.74) is 0.968. The van der Waals surface area contributed by atoms with Crippen molar-refractivity contribution in [3.63, 3.8) is 0 Å². The first-order chi connectivity index (χ1) is 10.1. The van der Waals surface area contributed by atoms with Crippen molar-refractivity contribution >= 4 is 12.0 Å². The Labute approximate surface area is 125 Å². The van der Waals surface area contributed by atoms with Gasteiger partial charge in [0, 0.05) is 18.4 Å². The van der Waals surface area contributed by atoms with E-state index in [4.69, 9.17) is 14.2 Å². The molecule has 0 aromatic heterocycles. The first-order valence-corrected chi connectivity index (χ1v) is 7.30. The Hall–Kier alpha value is -1.65. The van der Waals surface area contributed by atoms with Crippen molar-refractivity contribution in [3.05, 3.63) is 42.0 Å². The molecule has 1 aliphatic heterocycles. The van der Waals surface area contributed by atoms with E-state index in [1.54, 1.807) is 6.08 Å². The van der Waals surface area contributed by atoms with Crippen molar-refractivity contribution in [2.24, 2.45) is 5.92 Å². The number of hydrogen-bond donors (Lipinski definition) is 0. The Morgan fingerprint density at radius 1 is 1.29 bits per heavy atom. The molecule has 0 unspecified atom stereocenters. The number of carbonyl (C=O) groups excluding carboxylic acids is 1. The van der Waals surface area contributed by atoms with Crippen molar-refractivity contribution in [3.8, 4) is 0 Å². The molecule has 0 atom stereocenters. The minimum atomic E-state index is -0.608. The van der Waals surface area contributed by atoms with E-state index in [0.717, 1.165) is 5.56 Å². The van der Waals surface area contributed by atoms with Crippen LogP contribution < -0.4 is 0 Å². The van der Waals surface area contributed by atoms with E-state index in [9.17, 15) is 4.79 Å². The Morgan fingerprint density at radius 2 is 1.95 bits per heavy atom. The highest BCUT2D eigenvalue weighted by Crippen LogP contribution is 2.31. The van der Waals surface area contributed by atoms with Gasteiger partial charge in [0.1, 0.15) is 0 Å². The van der Waals surface area contributed by atoms with Gasteiger partial charge in [0.05, 0.1) is 19.8 Å². The number of rotatable bonds is 6. The third-order valence-electron chi connectivity index (χ3n) is 3.56. The SMILES string of the molecule is CC(C)C1(CCOC(=O)/C=C/c2ccccc2)OCCO1. The van der Waals surface area contributed by atoms with Crippen molar-refractivity contribution in [2.75, 3.05) is 19.8 Å². The average molecular weight is 290 g/mol. The van der Waals surface area contributed by atoms with Gasteiger partial charge in [-0.3, -0.25) is 0 Å². The van der Waals surface area contributed by atoms with Gasteiger partial charge in [0.15, 0.2) is 5.79 Å². The topological polar surface area (TPSA) is 44.8 Å². The molecule has 0 aliphatic carbocycles. The molecule has 1 aromatic carbocycles. The maximum absolute atomic E-state index is 11.7. The molecular formula is C17H22O4. The van der Waals surface area contributed by atoms with Gasteiger partial charge in [0.2, 0.25) is 0 Å². The van der Waals surface area contributed by atoms with Crippen molar-refractivity contribution in [1.82, 2.24) is 0 Å². The number of carbonyl (C=O) groups is 1. The predicted octanol–water partition coefficient (Wildman–Crippen LogP) is 3.03. The minimum absolute atomic E-state index is 0.221. The van der Waals surface area contributed by atoms with E-state index >= 15 is 0 Å². The van der Waals surface area contributed by atoms with E-state index in [1.165, 1.54) is 6.08 Å². The Balaban J connectivity index is 1.78. The van der Waals surface area contributed by atoms with Gasteiger partial charge in [-0.2, -0.15) is 0 Å². The van der Waals surface area contributed by atoms with E-state index in [1.807, 2.05) is 44.2 Å². The molecule has 1 aromatic rings. The fourth-order valence-electron chi connectivity index (χ4n) is 2.31. The second kappa shape index (κ2) is 7.38. The number of hydrogen-bond acceptors (Lipinski definition) is 4. The smallest absolute Gasteiger partial charge is 0.330 e. The number of esters is 1. The molecule has 21 heavy (non-hydrogen) atoms. The minimum Gasteiger partial charge on any atom is -0.462 e. The molecule has 1 heterocycles. The molecule has 0 saturated carbocycles. The second-order valence-corrected chi connectivity index (χ2v) is 5.32. The summed E-state index contributed by atoms with van der Waals surface area (Å²) in [6.07, 6.45) is 3.73. The number of ether oxygens (including phenoxy) is 3. The molecule has 4 nitrogen and oxygen atoms in total. The van der Waals surface area contributed by atoms with Crippen LogP contribution in [0.15, 0.2) is 36.4 Å². The fourth-order valence-corrected chi connectivity index (χ4v) is 2.31. The van der Waals surface area contributed by atoms with Crippen LogP contribution in [-0.4, -0.2) is 31.6 Å². The maximum Gasteiger partial charge on any atom is 0.330 e. The maximum atomic E-state index is 11.7. The summed E-state index contributed by atoms with van der Waals surface area (Å²) in [4.78, 5) is 11.7. The monoisotopic (exact) mass is 290 g/mol. The normalized spacial score (nSPS) is 17.5. The van der Waals surface area contributed by atoms with E-state index in [-0.39, 0.29) is 18.5 Å². The van der Waals surface area contributed by atoms with Gasteiger partial charge >= 0.3 is 5.97 Å². The third kappa shape index (κ3) is 4.41. The molecule has 114 valence electrons. The van der Waals surface area contributed by atoms with E-state index in [0.29, 0.717) is 19.6 Å². The first-order valence-electron chi connectivity index (χ1n) is 7.30. The molecule has 0 N–H and O–H groups in total. The summed E-state index contributed by atoms with van der Waals surface area (Å²) < 4.78 is 16.6. The van der Waals surface area contributed by atoms with E-state index < -0.39 is 5.79 Å². The fraction of sp³-hybridized carbons (Fsp3) is 0.471. The van der Waals surface area contributed by atoms with Crippen molar-refractivity contribution in [1.29, 1.82) is 0 Å². The zero-order valence-electron chi connectivity index (χ0n) is 12.6. The zero-order valence-corrected chi connectivity index (χ0v) is 12.6. The van der Waals surface area contributed by atoms with Crippen LogP contribution in [0.3, 0.4) is 0 Å². The highest BCUT2D eigenvalue weighted by Gasteiger charge is 2.39. The lowest BCUT2D eigenvalue weighted by Crippen LogP contribution is -2.37. The van der Waals surface area contributed by atoms with Crippen LogP contribution in [0.4, 0.5) is 0 Å². The Morgan fingerprint density at radius 3 is 2.57 bits per heavy atom. The standard InChI is InChI=1S/C17H22O4/c1-14(2)17(20-12-13-21-17)10-11-19-16(18)9-8-15-6-4-3-5-7-15/h3-9,14H,10-13H2,1-2H3/b9-8+. The van der Waals surface area contributed by atoms with Crippen LogP contribution in [0.5, 0.6) is 0 Å². The zero-order chi connectivity index (χ0) is 15.1. The van der Waals surface area contributed by atoms with Crippen LogP contribution in [0.25, 0.3) is 6.08 Å². The molecule has 0 amide bonds. The lowest BCUT2D eigenvalue weighted by atomic mass is 10.00. The number of benzene rings is 1. The lowest BCUT2D eigenvalue weighted by Gasteiger charge is -2.31. The van der Waals surface area contributed by atoms with Crippen LogP contribution in [0.2, 0.25) is 0 Å². The molecule has 1 saturated heterocycles. The average Bonchev–Trinajstić information content (AvgIpc) is 2.96. The molecular weight excluding hydrogens is 268 g/mol. The summed E-state index contributed by atoms with van der Waals surface area (Å²) in [5.74, 6) is -0.738. The first kappa shape index (κ1) is 15.7. The molecule has 0 radical (unpaired) electrons. The van der Waals surface area contributed by atoms with Crippen LogP contribution in [0.1, 0.15) is 25.8 Å². The highest BCUT2D eigenvalue weighted by molar-refractivity contribution is 5.86. The second-order valence-electron chi connectivity index (χ2n) is 5.32. The third-order valence-corrected chi connectivity index (χ3v) is 3.56. The molecule has 0 spiro atoms. The van der Waals surface area contributed by atoms with Crippen molar-refractivity contribution < 1.29 is 19.0 Å². The lowest BCUT2D eigenvalue weighted by molar-refractivity contribution is -0.199. The Kier molecular flexibility index (Phi) is 5.53. The molecule has 0 bridgehead atoms. The highest BCUT2D eigenvalue weighted by atomic mass is 16.7. The molecule has 1 fully saturated rings. The van der Waals surface area contributed by atoms with Crippen LogP contribution in [-0.2, 0) is 19.0 Å². The van der Waals surface area contributed by atoms with Gasteiger partial charge in [-0.25, -0.2) is 4.79 Å². The summed E-state index contributed by atoms with van der Waals surface area (Å²) in [6.45, 7) is 5.57. The van der Waals surface area contributed by atoms with Gasteiger partial charge < -0.3 is 14.2 Å². The summed E-state index contributed by atoms with van der Waals surface area (Å²) >= 11 is 0. The summed E-state index contributed by atoms with van der Waals surface area (Å²) in [7, 11) is 0.